The van der Waals surface area contributed by atoms with E-state index in [1.807, 2.05) is 30.3 Å². The summed E-state index contributed by atoms with van der Waals surface area (Å²) in [6.07, 6.45) is 12.1. The van der Waals surface area contributed by atoms with Crippen LogP contribution in [0.5, 0.6) is 0 Å². The Bertz CT molecular complexity index is 845. The molecule has 0 radical (unpaired) electrons. The molecule has 0 spiro atoms. The zero-order chi connectivity index (χ0) is 23.4. The molecule has 1 N–H and O–H groups in total. The summed E-state index contributed by atoms with van der Waals surface area (Å²) in [5, 5.41) is 0. The van der Waals surface area contributed by atoms with E-state index in [1.165, 1.54) is 38.5 Å². The highest BCUT2D eigenvalue weighted by atomic mass is 16.6. The number of rotatable bonds is 12. The lowest BCUT2D eigenvalue weighted by molar-refractivity contribution is -0.135. The second-order valence-corrected chi connectivity index (χ2v) is 9.70. The van der Waals surface area contributed by atoms with E-state index in [4.69, 9.17) is 19.0 Å². The van der Waals surface area contributed by atoms with Gasteiger partial charge in [0, 0.05) is 32.0 Å². The van der Waals surface area contributed by atoms with Crippen molar-refractivity contribution in [2.24, 2.45) is 5.92 Å². The van der Waals surface area contributed by atoms with Gasteiger partial charge in [-0.25, -0.2) is 10.5 Å². The van der Waals surface area contributed by atoms with Crippen molar-refractivity contribution < 1.29 is 18.8 Å². The zero-order valence-electron chi connectivity index (χ0n) is 20.3. The standard InChI is InChI=1S/C27H39N3O4/c31-26(29-34-20-23-10-5-2-6-11-23)18-24(13-7-12-22-8-3-1-4-9-22)27-28-25(21-33-27)19-30-14-16-32-17-15-30/h2,5-6,10-11,21-22,24H,1,3-4,7-9,12-20H2,(H,29,31). The van der Waals surface area contributed by atoms with Crippen LogP contribution >= 0.6 is 0 Å². The highest BCUT2D eigenvalue weighted by Gasteiger charge is 2.23. The number of carbonyl (C=O) groups is 1. The smallest absolute Gasteiger partial charge is 0.244 e. The number of morpholine rings is 1. The Morgan fingerprint density at radius 3 is 2.74 bits per heavy atom. The number of ether oxygens (including phenoxy) is 1. The van der Waals surface area contributed by atoms with E-state index in [1.54, 1.807) is 6.26 Å². The van der Waals surface area contributed by atoms with E-state index < -0.39 is 0 Å². The second-order valence-electron chi connectivity index (χ2n) is 9.70. The number of carbonyl (C=O) groups excluding carboxylic acids is 1. The van der Waals surface area contributed by atoms with Gasteiger partial charge in [-0.3, -0.25) is 14.5 Å². The molecule has 1 aromatic carbocycles. The first kappa shape index (κ1) is 24.9. The molecule has 34 heavy (non-hydrogen) atoms. The zero-order valence-corrected chi connectivity index (χ0v) is 20.3. The number of oxazole rings is 1. The summed E-state index contributed by atoms with van der Waals surface area (Å²) in [5.41, 5.74) is 4.56. The largest absolute Gasteiger partial charge is 0.448 e. The molecule has 7 heteroatoms. The van der Waals surface area contributed by atoms with Crippen LogP contribution in [0, 0.1) is 5.92 Å². The summed E-state index contributed by atoms with van der Waals surface area (Å²) in [5.74, 6) is 1.33. The molecule has 1 aromatic heterocycles. The molecule has 1 aliphatic heterocycles. The maximum absolute atomic E-state index is 12.7. The topological polar surface area (TPSA) is 76.8 Å². The lowest BCUT2D eigenvalue weighted by Crippen LogP contribution is -2.35. The van der Waals surface area contributed by atoms with Crippen molar-refractivity contribution >= 4 is 5.91 Å². The third-order valence-corrected chi connectivity index (χ3v) is 7.00. The van der Waals surface area contributed by atoms with Crippen molar-refractivity contribution in [3.05, 3.63) is 53.7 Å². The van der Waals surface area contributed by atoms with Gasteiger partial charge in [0.1, 0.15) is 6.26 Å². The molecule has 1 saturated heterocycles. The average Bonchev–Trinajstić information content (AvgIpc) is 3.34. The quantitative estimate of drug-likeness (QED) is 0.442. The molecular formula is C27H39N3O4. The van der Waals surface area contributed by atoms with E-state index in [0.29, 0.717) is 18.9 Å². The fourth-order valence-electron chi connectivity index (χ4n) is 5.05. The van der Waals surface area contributed by atoms with Crippen LogP contribution in [-0.2, 0) is 27.5 Å². The van der Waals surface area contributed by atoms with Gasteiger partial charge in [0.05, 0.1) is 25.5 Å². The molecule has 2 fully saturated rings. The van der Waals surface area contributed by atoms with Gasteiger partial charge in [0.15, 0.2) is 5.89 Å². The molecule has 1 saturated carbocycles. The molecule has 186 valence electrons. The van der Waals surface area contributed by atoms with Crippen molar-refractivity contribution in [2.45, 2.75) is 76.9 Å². The molecule has 1 atom stereocenters. The van der Waals surface area contributed by atoms with E-state index >= 15 is 0 Å². The highest BCUT2D eigenvalue weighted by Crippen LogP contribution is 2.31. The van der Waals surface area contributed by atoms with Crippen LogP contribution in [-0.4, -0.2) is 42.1 Å². The van der Waals surface area contributed by atoms with Crippen LogP contribution in [0.3, 0.4) is 0 Å². The van der Waals surface area contributed by atoms with Crippen LogP contribution in [0.2, 0.25) is 0 Å². The first-order valence-electron chi connectivity index (χ1n) is 12.9. The fraction of sp³-hybridized carbons (Fsp3) is 0.630. The van der Waals surface area contributed by atoms with Crippen LogP contribution < -0.4 is 5.48 Å². The normalized spacial score (nSPS) is 18.6. The number of benzene rings is 1. The minimum absolute atomic E-state index is 0.0395. The number of nitrogens with zero attached hydrogens (tertiary/aromatic N) is 2. The van der Waals surface area contributed by atoms with E-state index in [-0.39, 0.29) is 11.8 Å². The lowest BCUT2D eigenvalue weighted by atomic mass is 9.84. The number of aromatic nitrogens is 1. The van der Waals surface area contributed by atoms with E-state index in [9.17, 15) is 4.79 Å². The van der Waals surface area contributed by atoms with Crippen LogP contribution in [0.25, 0.3) is 0 Å². The summed E-state index contributed by atoms with van der Waals surface area (Å²) in [6, 6.07) is 9.83. The second kappa shape index (κ2) is 13.6. The van der Waals surface area contributed by atoms with Crippen molar-refractivity contribution in [2.75, 3.05) is 26.3 Å². The first-order chi connectivity index (χ1) is 16.8. The SMILES string of the molecule is O=C(CC(CCCC1CCCCC1)c1nc(CN2CCOCC2)co1)NOCc1ccccc1. The average molecular weight is 470 g/mol. The molecule has 2 aliphatic rings. The molecule has 4 rings (SSSR count). The third kappa shape index (κ3) is 8.22. The van der Waals surface area contributed by atoms with Gasteiger partial charge >= 0.3 is 0 Å². The van der Waals surface area contributed by atoms with Gasteiger partial charge in [-0.15, -0.1) is 0 Å². The Morgan fingerprint density at radius 1 is 1.15 bits per heavy atom. The monoisotopic (exact) mass is 469 g/mol. The number of nitrogens with one attached hydrogen (secondary N) is 1. The molecule has 0 bridgehead atoms. The molecule has 7 nitrogen and oxygen atoms in total. The van der Waals surface area contributed by atoms with Gasteiger partial charge in [-0.1, -0.05) is 75.3 Å². The predicted octanol–water partition coefficient (Wildman–Crippen LogP) is 4.98. The number of amides is 1. The molecule has 1 amide bonds. The lowest BCUT2D eigenvalue weighted by Gasteiger charge is -2.25. The molecular weight excluding hydrogens is 430 g/mol. The maximum atomic E-state index is 12.7. The van der Waals surface area contributed by atoms with Gasteiger partial charge in [0.25, 0.3) is 0 Å². The van der Waals surface area contributed by atoms with Crippen LogP contribution in [0.15, 0.2) is 41.0 Å². The molecule has 2 aromatic rings. The molecule has 1 unspecified atom stereocenters. The Kier molecular flexibility index (Phi) is 9.97. The highest BCUT2D eigenvalue weighted by molar-refractivity contribution is 5.75. The van der Waals surface area contributed by atoms with Crippen LogP contribution in [0.1, 0.15) is 80.9 Å². The Morgan fingerprint density at radius 2 is 1.94 bits per heavy atom. The fourth-order valence-corrected chi connectivity index (χ4v) is 5.05. The maximum Gasteiger partial charge on any atom is 0.244 e. The van der Waals surface area contributed by atoms with E-state index in [2.05, 4.69) is 10.4 Å². The predicted molar refractivity (Wildman–Crippen MR) is 130 cm³/mol. The van der Waals surface area contributed by atoms with Gasteiger partial charge in [-0.05, 0) is 17.9 Å². The minimum atomic E-state index is -0.133. The van der Waals surface area contributed by atoms with Crippen molar-refractivity contribution in [1.82, 2.24) is 15.4 Å². The van der Waals surface area contributed by atoms with Crippen molar-refractivity contribution in [3.63, 3.8) is 0 Å². The number of hydrogen-bond acceptors (Lipinski definition) is 6. The van der Waals surface area contributed by atoms with Gasteiger partial charge in [0.2, 0.25) is 5.91 Å². The summed E-state index contributed by atoms with van der Waals surface area (Å²) < 4.78 is 11.3. The van der Waals surface area contributed by atoms with Gasteiger partial charge in [-0.2, -0.15) is 0 Å². The summed E-state index contributed by atoms with van der Waals surface area (Å²) >= 11 is 0. The number of hydrogen-bond donors (Lipinski definition) is 1. The molecule has 1 aliphatic carbocycles. The first-order valence-corrected chi connectivity index (χ1v) is 12.9. The van der Waals surface area contributed by atoms with Crippen molar-refractivity contribution in [3.8, 4) is 0 Å². The minimum Gasteiger partial charge on any atom is -0.448 e. The number of hydroxylamine groups is 1. The summed E-state index contributed by atoms with van der Waals surface area (Å²) in [7, 11) is 0. The Hall–Kier alpha value is -2.22. The van der Waals surface area contributed by atoms with Crippen LogP contribution in [0.4, 0.5) is 0 Å². The van der Waals surface area contributed by atoms with Gasteiger partial charge < -0.3 is 9.15 Å². The Balaban J connectivity index is 1.30. The Labute approximate surface area is 203 Å². The van der Waals surface area contributed by atoms with E-state index in [0.717, 1.165) is 62.9 Å². The van der Waals surface area contributed by atoms with Crippen molar-refractivity contribution in [1.29, 1.82) is 0 Å². The summed E-state index contributed by atoms with van der Waals surface area (Å²) in [4.78, 5) is 25.2. The third-order valence-electron chi connectivity index (χ3n) is 7.00. The summed E-state index contributed by atoms with van der Waals surface area (Å²) in [6.45, 7) is 4.45. The molecule has 2 heterocycles.